The van der Waals surface area contributed by atoms with E-state index in [1.54, 1.807) is 0 Å². The number of nitrogens with one attached hydrogen (secondary N) is 1. The molecule has 8 heteroatoms. The lowest BCUT2D eigenvalue weighted by atomic mass is 10.2. The second-order valence-corrected chi connectivity index (χ2v) is 7.19. The van der Waals surface area contributed by atoms with E-state index in [0.717, 1.165) is 69.5 Å². The Morgan fingerprint density at radius 3 is 2.53 bits per heavy atom. The van der Waals surface area contributed by atoms with Gasteiger partial charge >= 0.3 is 0 Å². The monoisotopic (exact) mass is 519 g/mol. The second kappa shape index (κ2) is 11.1. The predicted octanol–water partition coefficient (Wildman–Crippen LogP) is 3.07. The van der Waals surface area contributed by atoms with Crippen molar-refractivity contribution in [1.29, 1.82) is 0 Å². The van der Waals surface area contributed by atoms with E-state index in [0.29, 0.717) is 0 Å². The summed E-state index contributed by atoms with van der Waals surface area (Å²) >= 11 is 0. The summed E-state index contributed by atoms with van der Waals surface area (Å²) in [7, 11) is 0. The van der Waals surface area contributed by atoms with Crippen molar-refractivity contribution in [3.05, 3.63) is 60.6 Å². The number of hydrogen-bond acceptors (Lipinski definition) is 4. The Kier molecular flexibility index (Phi) is 8.30. The van der Waals surface area contributed by atoms with Crippen LogP contribution in [0.5, 0.6) is 0 Å². The quantitative estimate of drug-likeness (QED) is 0.235. The zero-order valence-corrected chi connectivity index (χ0v) is 19.8. The van der Waals surface area contributed by atoms with E-state index in [-0.39, 0.29) is 24.0 Å². The smallest absolute Gasteiger partial charge is 0.194 e. The van der Waals surface area contributed by atoms with Gasteiger partial charge in [-0.3, -0.25) is 9.39 Å². The van der Waals surface area contributed by atoms with Gasteiger partial charge in [0.25, 0.3) is 0 Å². The van der Waals surface area contributed by atoms with Crippen molar-refractivity contribution in [2.75, 3.05) is 44.2 Å². The summed E-state index contributed by atoms with van der Waals surface area (Å²) in [6, 6.07) is 16.6. The first kappa shape index (κ1) is 22.3. The van der Waals surface area contributed by atoms with Crippen LogP contribution in [0.3, 0.4) is 0 Å². The topological polar surface area (TPSA) is 61.1 Å². The molecule has 0 spiro atoms. The summed E-state index contributed by atoms with van der Waals surface area (Å²) in [6.45, 7) is 7.78. The van der Waals surface area contributed by atoms with Crippen LogP contribution in [0.25, 0.3) is 5.65 Å². The number of nitrogens with zero attached hydrogens (tertiary/aromatic N) is 6. The van der Waals surface area contributed by atoms with Gasteiger partial charge < -0.3 is 15.1 Å². The van der Waals surface area contributed by atoms with E-state index in [9.17, 15) is 0 Å². The van der Waals surface area contributed by atoms with Crippen molar-refractivity contribution in [2.45, 2.75) is 19.8 Å². The van der Waals surface area contributed by atoms with E-state index in [1.165, 1.54) is 5.69 Å². The Balaban J connectivity index is 0.00000256. The zero-order chi connectivity index (χ0) is 19.9. The number of pyridine rings is 1. The molecule has 0 saturated carbocycles. The van der Waals surface area contributed by atoms with Gasteiger partial charge in [0.15, 0.2) is 11.6 Å². The Labute approximate surface area is 195 Å². The molecule has 160 valence electrons. The highest BCUT2D eigenvalue weighted by atomic mass is 127. The van der Waals surface area contributed by atoms with Gasteiger partial charge in [-0.25, -0.2) is 0 Å². The molecular formula is C22H30IN7. The van der Waals surface area contributed by atoms with Crippen molar-refractivity contribution in [3.63, 3.8) is 0 Å². The number of aryl methyl sites for hydroxylation is 1. The van der Waals surface area contributed by atoms with Crippen LogP contribution in [0.4, 0.5) is 5.69 Å². The van der Waals surface area contributed by atoms with Crippen molar-refractivity contribution in [3.8, 4) is 0 Å². The van der Waals surface area contributed by atoms with Gasteiger partial charge in [-0.05, 0) is 37.6 Å². The van der Waals surface area contributed by atoms with E-state index in [4.69, 9.17) is 4.99 Å². The van der Waals surface area contributed by atoms with Crippen LogP contribution < -0.4 is 10.2 Å². The molecule has 1 aromatic carbocycles. The summed E-state index contributed by atoms with van der Waals surface area (Å²) < 4.78 is 2.05. The van der Waals surface area contributed by atoms with Crippen LogP contribution in [0, 0.1) is 0 Å². The molecule has 1 aliphatic rings. The number of halogens is 1. The van der Waals surface area contributed by atoms with E-state index in [1.807, 2.05) is 24.4 Å². The van der Waals surface area contributed by atoms with Crippen molar-refractivity contribution >= 4 is 41.3 Å². The molecule has 2 aromatic heterocycles. The number of piperazine rings is 1. The molecule has 30 heavy (non-hydrogen) atoms. The molecule has 0 radical (unpaired) electrons. The Bertz CT molecular complexity index is 933. The number of para-hydroxylation sites is 1. The molecule has 0 atom stereocenters. The number of rotatable bonds is 6. The molecule has 1 N–H and O–H groups in total. The first-order chi connectivity index (χ1) is 14.3. The molecule has 7 nitrogen and oxygen atoms in total. The summed E-state index contributed by atoms with van der Waals surface area (Å²) in [5.41, 5.74) is 2.20. The first-order valence-electron chi connectivity index (χ1n) is 10.5. The fourth-order valence-electron chi connectivity index (χ4n) is 3.72. The predicted molar refractivity (Wildman–Crippen MR) is 133 cm³/mol. The average Bonchev–Trinajstić information content (AvgIpc) is 3.20. The molecule has 0 aliphatic carbocycles. The molecule has 0 unspecified atom stereocenters. The largest absolute Gasteiger partial charge is 0.368 e. The van der Waals surface area contributed by atoms with E-state index < -0.39 is 0 Å². The second-order valence-electron chi connectivity index (χ2n) is 7.19. The van der Waals surface area contributed by atoms with Crippen LogP contribution >= 0.6 is 24.0 Å². The first-order valence-corrected chi connectivity index (χ1v) is 10.5. The third-order valence-corrected chi connectivity index (χ3v) is 5.24. The molecule has 1 saturated heterocycles. The van der Waals surface area contributed by atoms with E-state index in [2.05, 4.69) is 67.0 Å². The SMILES string of the molecule is CCNC(=NCCCc1nnc2ccccn12)N1CCN(c2ccccc2)CC1.I. The lowest BCUT2D eigenvalue weighted by Gasteiger charge is -2.37. The fourth-order valence-corrected chi connectivity index (χ4v) is 3.72. The molecule has 3 heterocycles. The van der Waals surface area contributed by atoms with Gasteiger partial charge in [0.1, 0.15) is 5.82 Å². The highest BCUT2D eigenvalue weighted by molar-refractivity contribution is 14.0. The maximum Gasteiger partial charge on any atom is 0.194 e. The van der Waals surface area contributed by atoms with Gasteiger partial charge in [0, 0.05) is 57.6 Å². The number of aromatic nitrogens is 3. The summed E-state index contributed by atoms with van der Waals surface area (Å²) in [5, 5.41) is 12.0. The summed E-state index contributed by atoms with van der Waals surface area (Å²) in [4.78, 5) is 9.68. The van der Waals surface area contributed by atoms with Gasteiger partial charge in [0.2, 0.25) is 0 Å². The number of fused-ring (bicyclic) bond motifs is 1. The molecular weight excluding hydrogens is 489 g/mol. The van der Waals surface area contributed by atoms with E-state index >= 15 is 0 Å². The van der Waals surface area contributed by atoms with Crippen molar-refractivity contribution in [2.24, 2.45) is 4.99 Å². The minimum absolute atomic E-state index is 0. The molecule has 1 aliphatic heterocycles. The molecule has 0 bridgehead atoms. The molecule has 4 rings (SSSR count). The third kappa shape index (κ3) is 5.41. The van der Waals surface area contributed by atoms with Crippen molar-refractivity contribution < 1.29 is 0 Å². The standard InChI is InChI=1S/C22H29N7.HI/c1-2-23-22(28-17-15-27(16-18-28)19-9-4-3-5-10-19)24-13-8-12-21-26-25-20-11-6-7-14-29(20)21;/h3-7,9-11,14H,2,8,12-13,15-18H2,1H3,(H,23,24);1H. The number of guanidine groups is 1. The number of aliphatic imine (C=N–C) groups is 1. The highest BCUT2D eigenvalue weighted by Gasteiger charge is 2.19. The Morgan fingerprint density at radius 1 is 1.00 bits per heavy atom. The van der Waals surface area contributed by atoms with Gasteiger partial charge in [-0.1, -0.05) is 24.3 Å². The van der Waals surface area contributed by atoms with Gasteiger partial charge in [-0.15, -0.1) is 34.2 Å². The number of anilines is 1. The highest BCUT2D eigenvalue weighted by Crippen LogP contribution is 2.15. The normalized spacial score (nSPS) is 14.6. The molecule has 1 fully saturated rings. The minimum atomic E-state index is 0. The summed E-state index contributed by atoms with van der Waals surface area (Å²) in [5.74, 6) is 2.02. The van der Waals surface area contributed by atoms with Crippen LogP contribution in [0.1, 0.15) is 19.2 Å². The number of benzene rings is 1. The lowest BCUT2D eigenvalue weighted by Crippen LogP contribution is -2.52. The van der Waals surface area contributed by atoms with Crippen LogP contribution in [-0.4, -0.2) is 64.7 Å². The summed E-state index contributed by atoms with van der Waals surface area (Å²) in [6.07, 6.45) is 3.84. The van der Waals surface area contributed by atoms with Crippen LogP contribution in [0.15, 0.2) is 59.7 Å². The molecule has 3 aromatic rings. The Morgan fingerprint density at radius 2 is 1.77 bits per heavy atom. The average molecular weight is 519 g/mol. The van der Waals surface area contributed by atoms with Crippen LogP contribution in [-0.2, 0) is 6.42 Å². The van der Waals surface area contributed by atoms with Gasteiger partial charge in [0.05, 0.1) is 0 Å². The maximum atomic E-state index is 4.87. The third-order valence-electron chi connectivity index (χ3n) is 5.24. The number of hydrogen-bond donors (Lipinski definition) is 1. The Hall–Kier alpha value is -2.36. The van der Waals surface area contributed by atoms with Crippen LogP contribution in [0.2, 0.25) is 0 Å². The molecule has 0 amide bonds. The maximum absolute atomic E-state index is 4.87. The lowest BCUT2D eigenvalue weighted by molar-refractivity contribution is 0.372. The fraction of sp³-hybridized carbons (Fsp3) is 0.409. The van der Waals surface area contributed by atoms with Crippen molar-refractivity contribution in [1.82, 2.24) is 24.8 Å². The minimum Gasteiger partial charge on any atom is -0.368 e. The van der Waals surface area contributed by atoms with Gasteiger partial charge in [-0.2, -0.15) is 0 Å². The zero-order valence-electron chi connectivity index (χ0n) is 17.4.